The van der Waals surface area contributed by atoms with Crippen LogP contribution >= 0.6 is 0 Å². The van der Waals surface area contributed by atoms with Crippen LogP contribution in [0.15, 0.2) is 0 Å². The SMILES string of the molecule is CCCON(O)O. The van der Waals surface area contributed by atoms with Crippen LogP contribution in [-0.4, -0.2) is 22.4 Å². The van der Waals surface area contributed by atoms with Gasteiger partial charge in [0.25, 0.3) is 0 Å². The van der Waals surface area contributed by atoms with Gasteiger partial charge in [-0.25, -0.2) is 0 Å². The molecule has 0 heterocycles. The van der Waals surface area contributed by atoms with E-state index in [1.54, 1.807) is 0 Å². The lowest BCUT2D eigenvalue weighted by atomic mass is 10.5. The van der Waals surface area contributed by atoms with Crippen LogP contribution in [0.4, 0.5) is 0 Å². The molecule has 7 heavy (non-hydrogen) atoms. The Morgan fingerprint density at radius 2 is 2.14 bits per heavy atom. The zero-order valence-electron chi connectivity index (χ0n) is 4.16. The normalized spacial score (nSPS) is 10.3. The molecule has 44 valence electrons. The van der Waals surface area contributed by atoms with Crippen LogP contribution < -0.4 is 0 Å². The first kappa shape index (κ1) is 6.84. The van der Waals surface area contributed by atoms with E-state index in [2.05, 4.69) is 4.84 Å². The number of hydrogen-bond donors (Lipinski definition) is 2. The Kier molecular flexibility index (Phi) is 3.92. The van der Waals surface area contributed by atoms with Crippen LogP contribution in [0.1, 0.15) is 13.3 Å². The summed E-state index contributed by atoms with van der Waals surface area (Å²) in [5, 5.41) is 15.4. The summed E-state index contributed by atoms with van der Waals surface area (Å²) >= 11 is 0. The molecule has 0 saturated heterocycles. The Labute approximate surface area is 41.8 Å². The van der Waals surface area contributed by atoms with Gasteiger partial charge in [-0.2, -0.15) is 0 Å². The van der Waals surface area contributed by atoms with E-state index in [0.29, 0.717) is 6.61 Å². The summed E-state index contributed by atoms with van der Waals surface area (Å²) in [6.45, 7) is 2.19. The number of hydrogen-bond acceptors (Lipinski definition) is 4. The summed E-state index contributed by atoms with van der Waals surface area (Å²) in [5.74, 6) is 0. The maximum Gasteiger partial charge on any atom is 0.0733 e. The van der Waals surface area contributed by atoms with Gasteiger partial charge in [-0.3, -0.25) is 15.3 Å². The molecule has 0 rings (SSSR count). The summed E-state index contributed by atoms with van der Waals surface area (Å²) in [7, 11) is 0. The fraction of sp³-hybridized carbons (Fsp3) is 1.00. The van der Waals surface area contributed by atoms with Gasteiger partial charge < -0.3 is 0 Å². The van der Waals surface area contributed by atoms with Crippen LogP contribution in [0.2, 0.25) is 0 Å². The molecule has 0 spiro atoms. The Hall–Kier alpha value is -0.160. The van der Waals surface area contributed by atoms with Gasteiger partial charge in [-0.15, -0.1) is 0 Å². The quantitative estimate of drug-likeness (QED) is 0.513. The largest absolute Gasteiger partial charge is 0.266 e. The van der Waals surface area contributed by atoms with Crippen molar-refractivity contribution in [3.8, 4) is 0 Å². The van der Waals surface area contributed by atoms with Gasteiger partial charge in [0.2, 0.25) is 0 Å². The van der Waals surface area contributed by atoms with Crippen molar-refractivity contribution in [2.45, 2.75) is 13.3 Å². The molecular formula is C3H9NO3. The number of rotatable bonds is 3. The number of nitrogens with zero attached hydrogens (tertiary/aromatic N) is 1. The minimum Gasteiger partial charge on any atom is -0.266 e. The van der Waals surface area contributed by atoms with E-state index in [-0.39, 0.29) is 5.39 Å². The Bertz CT molecular complexity index is 39.2. The molecule has 0 aromatic carbocycles. The first-order valence-electron chi connectivity index (χ1n) is 2.08. The third-order valence-corrected chi connectivity index (χ3v) is 0.411. The van der Waals surface area contributed by atoms with Crippen LogP contribution in [0.25, 0.3) is 0 Å². The van der Waals surface area contributed by atoms with Gasteiger partial charge in [-0.1, -0.05) is 6.92 Å². The predicted molar refractivity (Wildman–Crippen MR) is 21.7 cm³/mol. The van der Waals surface area contributed by atoms with Crippen molar-refractivity contribution in [3.63, 3.8) is 0 Å². The van der Waals surface area contributed by atoms with Crippen molar-refractivity contribution >= 4 is 0 Å². The van der Waals surface area contributed by atoms with E-state index < -0.39 is 0 Å². The average molecular weight is 107 g/mol. The molecule has 0 atom stereocenters. The van der Waals surface area contributed by atoms with Crippen LogP contribution in [0.3, 0.4) is 0 Å². The molecule has 0 bridgehead atoms. The highest BCUT2D eigenvalue weighted by Gasteiger charge is 1.87. The minimum atomic E-state index is -0.288. The Balaban J connectivity index is 2.68. The molecule has 4 nitrogen and oxygen atoms in total. The van der Waals surface area contributed by atoms with Gasteiger partial charge in [0.1, 0.15) is 0 Å². The molecule has 0 unspecified atom stereocenters. The second kappa shape index (κ2) is 4.01. The second-order valence-corrected chi connectivity index (χ2v) is 1.09. The zero-order valence-corrected chi connectivity index (χ0v) is 4.16. The molecule has 0 amide bonds. The summed E-state index contributed by atoms with van der Waals surface area (Å²) in [5.41, 5.74) is 0. The summed E-state index contributed by atoms with van der Waals surface area (Å²) in [4.78, 5) is 4.14. The van der Waals surface area contributed by atoms with Crippen LogP contribution in [0.5, 0.6) is 0 Å². The van der Waals surface area contributed by atoms with Crippen molar-refractivity contribution in [2.75, 3.05) is 6.61 Å². The van der Waals surface area contributed by atoms with Crippen molar-refractivity contribution in [2.24, 2.45) is 0 Å². The Morgan fingerprint density at radius 1 is 1.57 bits per heavy atom. The summed E-state index contributed by atoms with van der Waals surface area (Å²) in [6.07, 6.45) is 0.762. The van der Waals surface area contributed by atoms with Gasteiger partial charge in [0.15, 0.2) is 0 Å². The lowest BCUT2D eigenvalue weighted by molar-refractivity contribution is -0.492. The van der Waals surface area contributed by atoms with Gasteiger partial charge >= 0.3 is 0 Å². The summed E-state index contributed by atoms with van der Waals surface area (Å²) < 4.78 is 0. The molecule has 4 heteroatoms. The van der Waals surface area contributed by atoms with Crippen molar-refractivity contribution in [1.82, 2.24) is 5.39 Å². The predicted octanol–water partition coefficient (Wildman–Crippen LogP) is 0.408. The van der Waals surface area contributed by atoms with E-state index in [1.165, 1.54) is 0 Å². The highest BCUT2D eigenvalue weighted by Crippen LogP contribution is 1.79. The first-order chi connectivity index (χ1) is 3.27. The zero-order chi connectivity index (χ0) is 5.70. The molecule has 0 aliphatic rings. The average Bonchev–Trinajstić information content (AvgIpc) is 1.61. The van der Waals surface area contributed by atoms with Gasteiger partial charge in [0, 0.05) is 0 Å². The first-order valence-corrected chi connectivity index (χ1v) is 2.08. The van der Waals surface area contributed by atoms with Crippen molar-refractivity contribution < 1.29 is 15.3 Å². The van der Waals surface area contributed by atoms with Gasteiger partial charge in [-0.05, 0) is 6.42 Å². The van der Waals surface area contributed by atoms with E-state index in [1.807, 2.05) is 6.92 Å². The van der Waals surface area contributed by atoms with Crippen molar-refractivity contribution in [3.05, 3.63) is 0 Å². The van der Waals surface area contributed by atoms with E-state index in [4.69, 9.17) is 10.4 Å². The van der Waals surface area contributed by atoms with Gasteiger partial charge in [0.05, 0.1) is 12.0 Å². The third kappa shape index (κ3) is 5.84. The fourth-order valence-electron chi connectivity index (χ4n) is 0.173. The molecule has 0 radical (unpaired) electrons. The standard InChI is InChI=1S/C3H9NO3/c1-2-3-7-4(5)6/h5-6H,2-3H2,1H3. The second-order valence-electron chi connectivity index (χ2n) is 1.09. The maximum absolute atomic E-state index is 7.85. The molecule has 0 aromatic heterocycles. The monoisotopic (exact) mass is 107 g/mol. The highest BCUT2D eigenvalue weighted by atomic mass is 17.1. The molecular weight excluding hydrogens is 98.0 g/mol. The molecule has 0 aliphatic carbocycles. The molecule has 0 saturated carbocycles. The Morgan fingerprint density at radius 3 is 2.29 bits per heavy atom. The van der Waals surface area contributed by atoms with Crippen LogP contribution in [-0.2, 0) is 4.84 Å². The van der Waals surface area contributed by atoms with Crippen LogP contribution in [0, 0.1) is 0 Å². The fourth-order valence-corrected chi connectivity index (χ4v) is 0.173. The topological polar surface area (TPSA) is 52.9 Å². The lowest BCUT2D eigenvalue weighted by Gasteiger charge is -2.02. The molecule has 0 aromatic rings. The lowest BCUT2D eigenvalue weighted by Crippen LogP contribution is -2.14. The van der Waals surface area contributed by atoms with E-state index in [9.17, 15) is 0 Å². The maximum atomic E-state index is 7.85. The molecule has 0 aliphatic heterocycles. The molecule has 2 N–H and O–H groups in total. The molecule has 0 fully saturated rings. The van der Waals surface area contributed by atoms with Crippen molar-refractivity contribution in [1.29, 1.82) is 0 Å². The minimum absolute atomic E-state index is 0.288. The van der Waals surface area contributed by atoms with E-state index >= 15 is 0 Å². The van der Waals surface area contributed by atoms with E-state index in [0.717, 1.165) is 6.42 Å². The smallest absolute Gasteiger partial charge is 0.0733 e. The third-order valence-electron chi connectivity index (χ3n) is 0.411. The summed E-state index contributed by atoms with van der Waals surface area (Å²) in [6, 6.07) is 0. The highest BCUT2D eigenvalue weighted by molar-refractivity contribution is 4.14.